The number of aromatic nitrogens is 4. The van der Waals surface area contributed by atoms with E-state index in [4.69, 9.17) is 9.84 Å². The van der Waals surface area contributed by atoms with Gasteiger partial charge >= 0.3 is 0 Å². The summed E-state index contributed by atoms with van der Waals surface area (Å²) in [5.41, 5.74) is 2.93. The number of benzene rings is 2. The van der Waals surface area contributed by atoms with Gasteiger partial charge in [-0.15, -0.1) is 15.3 Å². The minimum atomic E-state index is 0.0250. The van der Waals surface area contributed by atoms with E-state index in [9.17, 15) is 0 Å². The third kappa shape index (κ3) is 3.12. The van der Waals surface area contributed by atoms with Crippen molar-refractivity contribution in [3.8, 4) is 11.4 Å². The summed E-state index contributed by atoms with van der Waals surface area (Å²) in [6.07, 6.45) is 0.142. The molecule has 5 rings (SSSR count). The van der Waals surface area contributed by atoms with Gasteiger partial charge in [-0.2, -0.15) is 4.52 Å². The number of morpholine rings is 1. The Morgan fingerprint density at radius 3 is 2.39 bits per heavy atom. The molecule has 140 valence electrons. The fourth-order valence-corrected chi connectivity index (χ4v) is 3.71. The van der Waals surface area contributed by atoms with Crippen molar-refractivity contribution < 1.29 is 4.74 Å². The highest BCUT2D eigenvalue weighted by atomic mass is 16.5. The highest BCUT2D eigenvalue weighted by Gasteiger charge is 2.27. The second kappa shape index (κ2) is 7.05. The molecule has 0 N–H and O–H groups in total. The van der Waals surface area contributed by atoms with Gasteiger partial charge in [0, 0.05) is 18.7 Å². The van der Waals surface area contributed by atoms with Crippen molar-refractivity contribution in [3.63, 3.8) is 0 Å². The molecule has 6 nitrogen and oxygen atoms in total. The van der Waals surface area contributed by atoms with Crippen molar-refractivity contribution in [1.82, 2.24) is 19.8 Å². The van der Waals surface area contributed by atoms with E-state index in [0.717, 1.165) is 35.9 Å². The van der Waals surface area contributed by atoms with Gasteiger partial charge in [0.25, 0.3) is 0 Å². The summed E-state index contributed by atoms with van der Waals surface area (Å²) in [4.78, 5) is 2.28. The standard InChI is InChI=1S/C22H21N5O/c1-16-14-26(15-19(28-16)17-8-4-2-5-9-17)21-13-12-20-23-24-22(27(20)25-21)18-10-6-3-7-11-18/h2-13,16,19H,14-15H2,1H3. The maximum absolute atomic E-state index is 6.19. The van der Waals surface area contributed by atoms with Gasteiger partial charge in [0.1, 0.15) is 11.9 Å². The fourth-order valence-electron chi connectivity index (χ4n) is 3.71. The zero-order chi connectivity index (χ0) is 18.9. The van der Waals surface area contributed by atoms with Crippen molar-refractivity contribution >= 4 is 11.5 Å². The van der Waals surface area contributed by atoms with E-state index in [1.54, 1.807) is 0 Å². The Kier molecular flexibility index (Phi) is 4.25. The molecule has 2 atom stereocenters. The maximum atomic E-state index is 6.19. The smallest absolute Gasteiger partial charge is 0.185 e. The van der Waals surface area contributed by atoms with Gasteiger partial charge in [0.2, 0.25) is 0 Å². The van der Waals surface area contributed by atoms with E-state index < -0.39 is 0 Å². The van der Waals surface area contributed by atoms with Crippen molar-refractivity contribution in [1.29, 1.82) is 0 Å². The molecule has 0 aliphatic carbocycles. The topological polar surface area (TPSA) is 55.6 Å². The van der Waals surface area contributed by atoms with Crippen molar-refractivity contribution in [2.45, 2.75) is 19.1 Å². The molecule has 1 aliphatic rings. The lowest BCUT2D eigenvalue weighted by Gasteiger charge is -2.37. The summed E-state index contributed by atoms with van der Waals surface area (Å²) in [6.45, 7) is 3.66. The molecule has 28 heavy (non-hydrogen) atoms. The predicted octanol–water partition coefficient (Wildman–Crippen LogP) is 3.76. The number of ether oxygens (including phenoxy) is 1. The fraction of sp³-hybridized carbons (Fsp3) is 0.227. The Morgan fingerprint density at radius 1 is 0.857 bits per heavy atom. The Hall–Kier alpha value is -3.25. The largest absolute Gasteiger partial charge is 0.367 e. The molecule has 4 aromatic rings. The Labute approximate surface area is 163 Å². The van der Waals surface area contributed by atoms with Crippen molar-refractivity contribution in [2.75, 3.05) is 18.0 Å². The molecular formula is C22H21N5O. The summed E-state index contributed by atoms with van der Waals surface area (Å²) in [7, 11) is 0. The lowest BCUT2D eigenvalue weighted by Crippen LogP contribution is -2.43. The van der Waals surface area contributed by atoms with Gasteiger partial charge in [-0.05, 0) is 24.6 Å². The molecule has 6 heteroatoms. The minimum absolute atomic E-state index is 0.0250. The lowest BCUT2D eigenvalue weighted by atomic mass is 10.1. The third-order valence-electron chi connectivity index (χ3n) is 5.04. The van der Waals surface area contributed by atoms with E-state index in [1.807, 2.05) is 53.0 Å². The zero-order valence-electron chi connectivity index (χ0n) is 15.6. The highest BCUT2D eigenvalue weighted by molar-refractivity contribution is 5.59. The number of hydrogen-bond acceptors (Lipinski definition) is 5. The molecule has 0 bridgehead atoms. The van der Waals surface area contributed by atoms with Gasteiger partial charge in [0.15, 0.2) is 11.5 Å². The normalized spacial score (nSPS) is 19.8. The van der Waals surface area contributed by atoms with E-state index >= 15 is 0 Å². The van der Waals surface area contributed by atoms with Crippen LogP contribution in [0.3, 0.4) is 0 Å². The Morgan fingerprint density at radius 2 is 1.61 bits per heavy atom. The van der Waals surface area contributed by atoms with Gasteiger partial charge in [-0.25, -0.2) is 0 Å². The van der Waals surface area contributed by atoms with Crippen LogP contribution in [-0.2, 0) is 4.74 Å². The monoisotopic (exact) mass is 371 g/mol. The first-order chi connectivity index (χ1) is 13.8. The SMILES string of the molecule is CC1CN(c2ccc3nnc(-c4ccccc4)n3n2)CC(c2ccccc2)O1. The molecule has 0 saturated carbocycles. The maximum Gasteiger partial charge on any atom is 0.185 e. The number of nitrogens with zero attached hydrogens (tertiary/aromatic N) is 5. The van der Waals surface area contributed by atoms with E-state index in [0.29, 0.717) is 0 Å². The molecular weight excluding hydrogens is 350 g/mol. The second-order valence-electron chi connectivity index (χ2n) is 7.10. The first-order valence-electron chi connectivity index (χ1n) is 9.51. The van der Waals surface area contributed by atoms with Crippen molar-refractivity contribution in [3.05, 3.63) is 78.4 Å². The highest BCUT2D eigenvalue weighted by Crippen LogP contribution is 2.28. The third-order valence-corrected chi connectivity index (χ3v) is 5.04. The molecule has 1 aliphatic heterocycles. The molecule has 0 radical (unpaired) electrons. The average Bonchev–Trinajstić information content (AvgIpc) is 3.18. The van der Waals surface area contributed by atoms with Gasteiger partial charge < -0.3 is 9.64 Å². The lowest BCUT2D eigenvalue weighted by molar-refractivity contribution is -0.0176. The zero-order valence-corrected chi connectivity index (χ0v) is 15.6. The first-order valence-corrected chi connectivity index (χ1v) is 9.51. The van der Waals surface area contributed by atoms with Crippen LogP contribution < -0.4 is 4.90 Å². The van der Waals surface area contributed by atoms with Gasteiger partial charge in [-0.1, -0.05) is 60.7 Å². The van der Waals surface area contributed by atoms with Crippen LogP contribution in [0.4, 0.5) is 5.82 Å². The van der Waals surface area contributed by atoms with Crippen LogP contribution >= 0.6 is 0 Å². The summed E-state index contributed by atoms with van der Waals surface area (Å²) in [5.74, 6) is 1.65. The van der Waals surface area contributed by atoms with Crippen LogP contribution in [0.1, 0.15) is 18.6 Å². The Bertz CT molecular complexity index is 1080. The predicted molar refractivity (Wildman–Crippen MR) is 108 cm³/mol. The number of hydrogen-bond donors (Lipinski definition) is 0. The molecule has 1 saturated heterocycles. The molecule has 1 fully saturated rings. The van der Waals surface area contributed by atoms with E-state index in [1.165, 1.54) is 5.56 Å². The summed E-state index contributed by atoms with van der Waals surface area (Å²) in [6, 6.07) is 24.4. The molecule has 0 amide bonds. The average molecular weight is 371 g/mol. The van der Waals surface area contributed by atoms with E-state index in [-0.39, 0.29) is 12.2 Å². The Balaban J connectivity index is 1.50. The summed E-state index contributed by atoms with van der Waals surface area (Å²) < 4.78 is 8.01. The summed E-state index contributed by atoms with van der Waals surface area (Å²) in [5, 5.41) is 13.5. The van der Waals surface area contributed by atoms with Crippen LogP contribution in [-0.4, -0.2) is 39.0 Å². The van der Waals surface area contributed by atoms with Crippen LogP contribution in [0, 0.1) is 0 Å². The molecule has 3 heterocycles. The number of fused-ring (bicyclic) bond motifs is 1. The van der Waals surface area contributed by atoms with Crippen LogP contribution in [0.2, 0.25) is 0 Å². The molecule has 0 spiro atoms. The van der Waals surface area contributed by atoms with Crippen LogP contribution in [0.5, 0.6) is 0 Å². The summed E-state index contributed by atoms with van der Waals surface area (Å²) >= 11 is 0. The van der Waals surface area contributed by atoms with Gasteiger partial charge in [0.05, 0.1) is 6.10 Å². The molecule has 2 unspecified atom stereocenters. The second-order valence-corrected chi connectivity index (χ2v) is 7.10. The van der Waals surface area contributed by atoms with Crippen LogP contribution in [0.15, 0.2) is 72.8 Å². The number of rotatable bonds is 3. The van der Waals surface area contributed by atoms with Gasteiger partial charge in [-0.3, -0.25) is 0 Å². The molecule has 2 aromatic carbocycles. The molecule has 2 aromatic heterocycles. The first kappa shape index (κ1) is 16.9. The number of anilines is 1. The minimum Gasteiger partial charge on any atom is -0.367 e. The van der Waals surface area contributed by atoms with E-state index in [2.05, 4.69) is 46.3 Å². The van der Waals surface area contributed by atoms with Crippen molar-refractivity contribution in [2.24, 2.45) is 0 Å². The van der Waals surface area contributed by atoms with Crippen LogP contribution in [0.25, 0.3) is 17.0 Å². The quantitative estimate of drug-likeness (QED) is 0.549.